The molecular formula is C11H17N3O3S. The smallest absolute Gasteiger partial charge is 0.232 e. The van der Waals surface area contributed by atoms with Crippen LogP contribution in [0, 0.1) is 5.41 Å². The average molecular weight is 271 g/mol. The Morgan fingerprint density at radius 2 is 2.00 bits per heavy atom. The molecule has 0 radical (unpaired) electrons. The number of methoxy groups -OCH3 is 1. The summed E-state index contributed by atoms with van der Waals surface area (Å²) in [5.74, 6) is -0.0422. The van der Waals surface area contributed by atoms with Crippen LogP contribution in [0.5, 0.6) is 0 Å². The first kappa shape index (κ1) is 14.5. The molecule has 100 valence electrons. The number of benzene rings is 1. The number of rotatable bonds is 7. The average Bonchev–Trinajstić information content (AvgIpc) is 2.29. The van der Waals surface area contributed by atoms with Crippen molar-refractivity contribution < 1.29 is 13.2 Å². The van der Waals surface area contributed by atoms with Gasteiger partial charge in [0, 0.05) is 25.0 Å². The zero-order valence-corrected chi connectivity index (χ0v) is 11.0. The lowest BCUT2D eigenvalue weighted by Crippen LogP contribution is -2.18. The molecular weight excluding hydrogens is 254 g/mol. The summed E-state index contributed by atoms with van der Waals surface area (Å²) in [5, 5.41) is 7.22. The molecule has 18 heavy (non-hydrogen) atoms. The van der Waals surface area contributed by atoms with Crippen molar-refractivity contribution in [3.05, 3.63) is 29.8 Å². The molecule has 6 nitrogen and oxygen atoms in total. The molecule has 0 heterocycles. The number of hydrogen-bond donors (Lipinski definition) is 3. The van der Waals surface area contributed by atoms with Gasteiger partial charge in [0.25, 0.3) is 0 Å². The second-order valence-corrected chi connectivity index (χ2v) is 5.60. The molecule has 4 N–H and O–H groups in total. The standard InChI is InChI=1S/C11H17N3O3S/c1-17-7-2-8-18(15,16)14-10-5-3-9(4-6-10)11(12)13/h3-6,14H,2,7-8H2,1H3,(H3,12,13). The Bertz CT molecular complexity index is 497. The Morgan fingerprint density at radius 3 is 2.50 bits per heavy atom. The molecule has 0 aliphatic rings. The minimum atomic E-state index is -3.35. The molecule has 0 saturated carbocycles. The van der Waals surface area contributed by atoms with E-state index in [-0.39, 0.29) is 11.6 Å². The molecule has 0 atom stereocenters. The van der Waals surface area contributed by atoms with Crippen LogP contribution in [0.3, 0.4) is 0 Å². The highest BCUT2D eigenvalue weighted by Gasteiger charge is 2.09. The molecule has 0 spiro atoms. The van der Waals surface area contributed by atoms with Crippen LogP contribution in [0.4, 0.5) is 5.69 Å². The number of nitrogens with two attached hydrogens (primary N) is 1. The molecule has 0 unspecified atom stereocenters. The molecule has 0 fully saturated rings. The number of ether oxygens (including phenoxy) is 1. The second kappa shape index (κ2) is 6.36. The van der Waals surface area contributed by atoms with Crippen LogP contribution in [-0.2, 0) is 14.8 Å². The summed E-state index contributed by atoms with van der Waals surface area (Å²) in [6.45, 7) is 0.407. The van der Waals surface area contributed by atoms with Crippen LogP contribution in [0.2, 0.25) is 0 Å². The van der Waals surface area contributed by atoms with Gasteiger partial charge in [0.05, 0.1) is 5.75 Å². The lowest BCUT2D eigenvalue weighted by atomic mass is 10.2. The van der Waals surface area contributed by atoms with Gasteiger partial charge in [-0.15, -0.1) is 0 Å². The third kappa shape index (κ3) is 4.72. The topological polar surface area (TPSA) is 105 Å². The fraction of sp³-hybridized carbons (Fsp3) is 0.364. The predicted octanol–water partition coefficient (Wildman–Crippen LogP) is 0.749. The second-order valence-electron chi connectivity index (χ2n) is 3.76. The molecule has 0 aromatic heterocycles. The van der Waals surface area contributed by atoms with Crippen LogP contribution in [0.25, 0.3) is 0 Å². The zero-order valence-electron chi connectivity index (χ0n) is 10.1. The van der Waals surface area contributed by atoms with E-state index in [9.17, 15) is 8.42 Å². The maximum atomic E-state index is 11.7. The van der Waals surface area contributed by atoms with Crippen molar-refractivity contribution in [1.82, 2.24) is 0 Å². The van der Waals surface area contributed by atoms with Crippen molar-refractivity contribution in [3.63, 3.8) is 0 Å². The number of sulfonamides is 1. The Hall–Kier alpha value is -1.60. The van der Waals surface area contributed by atoms with Gasteiger partial charge < -0.3 is 10.5 Å². The van der Waals surface area contributed by atoms with Gasteiger partial charge in [0.1, 0.15) is 5.84 Å². The summed E-state index contributed by atoms with van der Waals surface area (Å²) in [7, 11) is -1.83. The predicted molar refractivity (Wildman–Crippen MR) is 71.4 cm³/mol. The monoisotopic (exact) mass is 271 g/mol. The van der Waals surface area contributed by atoms with E-state index < -0.39 is 10.0 Å². The highest BCUT2D eigenvalue weighted by atomic mass is 32.2. The van der Waals surface area contributed by atoms with Gasteiger partial charge in [-0.05, 0) is 30.7 Å². The minimum Gasteiger partial charge on any atom is -0.385 e. The van der Waals surface area contributed by atoms with Gasteiger partial charge in [-0.3, -0.25) is 10.1 Å². The third-order valence-corrected chi connectivity index (χ3v) is 3.60. The number of amidine groups is 1. The summed E-state index contributed by atoms with van der Waals surface area (Å²) in [4.78, 5) is 0. The van der Waals surface area contributed by atoms with E-state index in [2.05, 4.69) is 4.72 Å². The van der Waals surface area contributed by atoms with Gasteiger partial charge in [-0.2, -0.15) is 0 Å². The normalized spacial score (nSPS) is 11.2. The first-order valence-corrected chi connectivity index (χ1v) is 7.04. The Balaban J connectivity index is 2.63. The van der Waals surface area contributed by atoms with Crippen molar-refractivity contribution >= 4 is 21.5 Å². The first-order valence-electron chi connectivity index (χ1n) is 5.38. The van der Waals surface area contributed by atoms with E-state index in [0.29, 0.717) is 24.3 Å². The maximum Gasteiger partial charge on any atom is 0.232 e. The van der Waals surface area contributed by atoms with Crippen molar-refractivity contribution in [2.75, 3.05) is 24.2 Å². The Kier molecular flexibility index (Phi) is 5.11. The number of hydrogen-bond acceptors (Lipinski definition) is 4. The van der Waals surface area contributed by atoms with Crippen LogP contribution < -0.4 is 10.5 Å². The fourth-order valence-electron chi connectivity index (χ4n) is 1.34. The van der Waals surface area contributed by atoms with E-state index in [1.807, 2.05) is 0 Å². The summed E-state index contributed by atoms with van der Waals surface area (Å²) >= 11 is 0. The largest absolute Gasteiger partial charge is 0.385 e. The zero-order chi connectivity index (χ0) is 13.6. The molecule has 0 saturated heterocycles. The van der Waals surface area contributed by atoms with Crippen molar-refractivity contribution in [2.45, 2.75) is 6.42 Å². The fourth-order valence-corrected chi connectivity index (χ4v) is 2.44. The number of nitrogen functional groups attached to an aromatic ring is 1. The van der Waals surface area contributed by atoms with E-state index in [1.165, 1.54) is 7.11 Å². The van der Waals surface area contributed by atoms with Crippen molar-refractivity contribution in [2.24, 2.45) is 5.73 Å². The van der Waals surface area contributed by atoms with Gasteiger partial charge in [-0.25, -0.2) is 8.42 Å². The highest BCUT2D eigenvalue weighted by Crippen LogP contribution is 2.11. The molecule has 0 aliphatic carbocycles. The third-order valence-electron chi connectivity index (χ3n) is 2.23. The lowest BCUT2D eigenvalue weighted by molar-refractivity contribution is 0.199. The maximum absolute atomic E-state index is 11.7. The number of nitrogens with one attached hydrogen (secondary N) is 2. The summed E-state index contributed by atoms with van der Waals surface area (Å²) in [6, 6.07) is 6.33. The number of anilines is 1. The van der Waals surface area contributed by atoms with Crippen molar-refractivity contribution in [3.8, 4) is 0 Å². The van der Waals surface area contributed by atoms with E-state index >= 15 is 0 Å². The van der Waals surface area contributed by atoms with Gasteiger partial charge in [0.15, 0.2) is 0 Å². The SMILES string of the molecule is COCCCS(=O)(=O)Nc1ccc(C(=N)N)cc1. The minimum absolute atomic E-state index is 0.00923. The quantitative estimate of drug-likeness (QED) is 0.386. The van der Waals surface area contributed by atoms with Gasteiger partial charge in [-0.1, -0.05) is 0 Å². The van der Waals surface area contributed by atoms with Crippen LogP contribution in [0.1, 0.15) is 12.0 Å². The summed E-state index contributed by atoms with van der Waals surface area (Å²) < 4.78 is 30.6. The molecule has 1 rings (SSSR count). The van der Waals surface area contributed by atoms with Crippen LogP contribution >= 0.6 is 0 Å². The van der Waals surface area contributed by atoms with E-state index in [0.717, 1.165) is 0 Å². The Morgan fingerprint density at radius 1 is 1.39 bits per heavy atom. The molecule has 0 amide bonds. The molecule has 0 bridgehead atoms. The van der Waals surface area contributed by atoms with Gasteiger partial charge >= 0.3 is 0 Å². The summed E-state index contributed by atoms with van der Waals surface area (Å²) in [6.07, 6.45) is 0.442. The first-order chi connectivity index (χ1) is 8.44. The van der Waals surface area contributed by atoms with Crippen LogP contribution in [-0.4, -0.2) is 33.7 Å². The molecule has 1 aromatic carbocycles. The summed E-state index contributed by atoms with van der Waals surface area (Å²) in [5.41, 5.74) is 6.31. The van der Waals surface area contributed by atoms with Gasteiger partial charge in [0.2, 0.25) is 10.0 Å². The van der Waals surface area contributed by atoms with E-state index in [4.69, 9.17) is 15.9 Å². The van der Waals surface area contributed by atoms with E-state index in [1.54, 1.807) is 24.3 Å². The molecule has 1 aromatic rings. The lowest BCUT2D eigenvalue weighted by Gasteiger charge is -2.08. The van der Waals surface area contributed by atoms with Crippen LogP contribution in [0.15, 0.2) is 24.3 Å². The highest BCUT2D eigenvalue weighted by molar-refractivity contribution is 7.92. The Labute approximate surface area is 107 Å². The van der Waals surface area contributed by atoms with Crippen molar-refractivity contribution in [1.29, 1.82) is 5.41 Å². The molecule has 0 aliphatic heterocycles. The molecule has 7 heteroatoms.